The van der Waals surface area contributed by atoms with Gasteiger partial charge in [0.25, 0.3) is 0 Å². The number of aromatic nitrogens is 5. The number of urea groups is 1. The molecule has 0 bridgehead atoms. The first-order chi connectivity index (χ1) is 16.3. The summed E-state index contributed by atoms with van der Waals surface area (Å²) >= 11 is 0. The van der Waals surface area contributed by atoms with Gasteiger partial charge in [-0.1, -0.05) is 0 Å². The predicted octanol–water partition coefficient (Wildman–Crippen LogP) is 2.92. The third-order valence-electron chi connectivity index (χ3n) is 6.61. The van der Waals surface area contributed by atoms with E-state index < -0.39 is 0 Å². The first-order valence-electron chi connectivity index (χ1n) is 11.7. The molecule has 3 aromatic rings. The van der Waals surface area contributed by atoms with Gasteiger partial charge >= 0.3 is 6.03 Å². The average molecular weight is 463 g/mol. The summed E-state index contributed by atoms with van der Waals surface area (Å²) in [7, 11) is 0. The Bertz CT molecular complexity index is 1190. The van der Waals surface area contributed by atoms with Crippen molar-refractivity contribution in [3.8, 4) is 17.0 Å². The summed E-state index contributed by atoms with van der Waals surface area (Å²) in [5, 5.41) is 7.85. The molecule has 0 saturated carbocycles. The molecule has 0 radical (unpaired) electrons. The highest BCUT2D eigenvalue weighted by atomic mass is 16.5. The summed E-state index contributed by atoms with van der Waals surface area (Å²) in [6.45, 7) is 8.13. The zero-order valence-corrected chi connectivity index (χ0v) is 19.7. The van der Waals surface area contributed by atoms with Crippen molar-refractivity contribution >= 4 is 11.8 Å². The van der Waals surface area contributed by atoms with Gasteiger partial charge in [0, 0.05) is 60.9 Å². The van der Waals surface area contributed by atoms with E-state index in [2.05, 4.69) is 31.0 Å². The maximum absolute atomic E-state index is 12.5. The van der Waals surface area contributed by atoms with Crippen LogP contribution in [-0.4, -0.2) is 54.8 Å². The van der Waals surface area contributed by atoms with Gasteiger partial charge in [-0.3, -0.25) is 4.68 Å². The molecule has 5 rings (SSSR count). The van der Waals surface area contributed by atoms with Crippen molar-refractivity contribution in [1.29, 1.82) is 0 Å². The molecular weight excluding hydrogens is 432 g/mol. The molecule has 0 aliphatic carbocycles. The normalized spacial score (nSPS) is 20.1. The number of carbonyl (C=O) groups excluding carboxylic acids is 1. The number of aryl methyl sites for hydroxylation is 1. The van der Waals surface area contributed by atoms with Crippen molar-refractivity contribution in [2.45, 2.75) is 57.7 Å². The number of ether oxygens (including phenoxy) is 1. The lowest BCUT2D eigenvalue weighted by Gasteiger charge is -2.24. The second kappa shape index (κ2) is 8.58. The lowest BCUT2D eigenvalue weighted by Crippen LogP contribution is -2.43. The monoisotopic (exact) mass is 462 g/mol. The number of amides is 2. The van der Waals surface area contributed by atoms with E-state index in [0.29, 0.717) is 23.9 Å². The van der Waals surface area contributed by atoms with E-state index in [0.717, 1.165) is 37.2 Å². The molecular formula is C24H30N8O2. The predicted molar refractivity (Wildman–Crippen MR) is 127 cm³/mol. The van der Waals surface area contributed by atoms with E-state index in [4.69, 9.17) is 15.6 Å². The number of carbonyl (C=O) groups is 1. The fourth-order valence-electron chi connectivity index (χ4n) is 4.85. The summed E-state index contributed by atoms with van der Waals surface area (Å²) in [6, 6.07) is 5.88. The third-order valence-corrected chi connectivity index (χ3v) is 6.61. The Morgan fingerprint density at radius 2 is 1.91 bits per heavy atom. The molecule has 3 aromatic heterocycles. The smallest absolute Gasteiger partial charge is 0.317 e. The molecule has 10 heteroatoms. The Hall–Kier alpha value is -3.69. The maximum Gasteiger partial charge on any atom is 0.317 e. The molecule has 2 aliphatic heterocycles. The van der Waals surface area contributed by atoms with Crippen molar-refractivity contribution in [3.05, 3.63) is 48.3 Å². The molecule has 0 aromatic carbocycles. The van der Waals surface area contributed by atoms with Gasteiger partial charge in [-0.2, -0.15) is 5.10 Å². The molecule has 1 spiro atoms. The summed E-state index contributed by atoms with van der Waals surface area (Å²) in [4.78, 5) is 27.3. The molecule has 2 amide bonds. The minimum Gasteiger partial charge on any atom is -0.479 e. The standard InChI is InChI=1S/C24H30N8O2/c1-15(2)29-23(33)31-9-5-24(14-31)6-10-32-20(24)12-18(30-32)17-11-19(21(25)28-13-17)34-16(3)22-26-7-4-8-27-22/h4,7-8,11-13,15-16H,5-6,9-10,14H2,1-3H3,(H2,25,28)(H,29,33)/t16?,24-/m1/s1. The third kappa shape index (κ3) is 4.04. The highest BCUT2D eigenvalue weighted by Crippen LogP contribution is 2.44. The van der Waals surface area contributed by atoms with Crippen LogP contribution in [-0.2, 0) is 12.0 Å². The van der Waals surface area contributed by atoms with E-state index in [1.54, 1.807) is 24.7 Å². The molecule has 1 saturated heterocycles. The number of rotatable bonds is 5. The number of nitrogens with two attached hydrogens (primary N) is 1. The maximum atomic E-state index is 12.5. The topological polar surface area (TPSA) is 124 Å². The van der Waals surface area contributed by atoms with Gasteiger partial charge in [-0.15, -0.1) is 0 Å². The second-order valence-corrected chi connectivity index (χ2v) is 9.42. The molecule has 34 heavy (non-hydrogen) atoms. The van der Waals surface area contributed by atoms with Gasteiger partial charge in [0.05, 0.1) is 5.69 Å². The van der Waals surface area contributed by atoms with E-state index in [9.17, 15) is 4.79 Å². The fraction of sp³-hybridized carbons (Fsp3) is 0.458. The summed E-state index contributed by atoms with van der Waals surface area (Å²) in [6.07, 6.45) is 6.63. The summed E-state index contributed by atoms with van der Waals surface area (Å²) in [5.41, 5.74) is 8.86. The number of nitrogens with one attached hydrogen (secondary N) is 1. The minimum absolute atomic E-state index is 0.00565. The Kier molecular flexibility index (Phi) is 5.59. The van der Waals surface area contributed by atoms with Crippen molar-refractivity contribution in [3.63, 3.8) is 0 Å². The number of nitrogen functional groups attached to an aromatic ring is 1. The van der Waals surface area contributed by atoms with Crippen LogP contribution in [0.3, 0.4) is 0 Å². The molecule has 10 nitrogen and oxygen atoms in total. The zero-order chi connectivity index (χ0) is 23.9. The SMILES string of the molecule is CC(C)NC(=O)N1CC[C@@]2(CCn3nc(-c4cnc(N)c(OC(C)c5ncccn5)c4)cc32)C1. The number of nitrogens with zero attached hydrogens (tertiary/aromatic N) is 6. The average Bonchev–Trinajstić information content (AvgIpc) is 3.52. The lowest BCUT2D eigenvalue weighted by atomic mass is 9.82. The van der Waals surface area contributed by atoms with Crippen LogP contribution >= 0.6 is 0 Å². The van der Waals surface area contributed by atoms with Crippen LogP contribution in [0.15, 0.2) is 36.8 Å². The van der Waals surface area contributed by atoms with Gasteiger partial charge in [-0.25, -0.2) is 19.7 Å². The van der Waals surface area contributed by atoms with Gasteiger partial charge < -0.3 is 20.7 Å². The van der Waals surface area contributed by atoms with Crippen LogP contribution in [0.4, 0.5) is 10.6 Å². The highest BCUT2D eigenvalue weighted by Gasteiger charge is 2.47. The first kappa shape index (κ1) is 22.1. The summed E-state index contributed by atoms with van der Waals surface area (Å²) < 4.78 is 8.10. The van der Waals surface area contributed by atoms with E-state index >= 15 is 0 Å². The van der Waals surface area contributed by atoms with Crippen LogP contribution in [0.25, 0.3) is 11.3 Å². The molecule has 2 atom stereocenters. The molecule has 1 unspecified atom stereocenters. The molecule has 3 N–H and O–H groups in total. The quantitative estimate of drug-likeness (QED) is 0.597. The Labute approximate surface area is 198 Å². The van der Waals surface area contributed by atoms with Gasteiger partial charge in [0.15, 0.2) is 23.5 Å². The number of pyridine rings is 1. The van der Waals surface area contributed by atoms with E-state index in [1.165, 1.54) is 5.69 Å². The van der Waals surface area contributed by atoms with Gasteiger partial charge in [-0.05, 0) is 51.8 Å². The Morgan fingerprint density at radius 1 is 1.15 bits per heavy atom. The molecule has 2 aliphatic rings. The van der Waals surface area contributed by atoms with Crippen LogP contribution in [0.2, 0.25) is 0 Å². The Balaban J connectivity index is 1.37. The highest BCUT2D eigenvalue weighted by molar-refractivity contribution is 5.75. The number of hydrogen-bond acceptors (Lipinski definition) is 7. The van der Waals surface area contributed by atoms with E-state index in [1.807, 2.05) is 31.7 Å². The molecule has 178 valence electrons. The fourth-order valence-corrected chi connectivity index (χ4v) is 4.85. The van der Waals surface area contributed by atoms with Crippen molar-refractivity contribution in [1.82, 2.24) is 34.9 Å². The number of anilines is 1. The Morgan fingerprint density at radius 3 is 2.68 bits per heavy atom. The lowest BCUT2D eigenvalue weighted by molar-refractivity contribution is 0.203. The van der Waals surface area contributed by atoms with Crippen LogP contribution < -0.4 is 15.8 Å². The number of hydrogen-bond donors (Lipinski definition) is 2. The minimum atomic E-state index is -0.378. The largest absolute Gasteiger partial charge is 0.479 e. The van der Waals surface area contributed by atoms with Crippen LogP contribution in [0, 0.1) is 0 Å². The van der Waals surface area contributed by atoms with E-state index in [-0.39, 0.29) is 23.6 Å². The molecule has 5 heterocycles. The van der Waals surface area contributed by atoms with Crippen LogP contribution in [0.5, 0.6) is 5.75 Å². The number of fused-ring (bicyclic) bond motifs is 2. The van der Waals surface area contributed by atoms with Crippen molar-refractivity contribution in [2.75, 3.05) is 18.8 Å². The summed E-state index contributed by atoms with van der Waals surface area (Å²) in [5.74, 6) is 1.34. The van der Waals surface area contributed by atoms with Gasteiger partial charge in [0.1, 0.15) is 0 Å². The van der Waals surface area contributed by atoms with Crippen molar-refractivity contribution < 1.29 is 9.53 Å². The van der Waals surface area contributed by atoms with Crippen LogP contribution in [0.1, 0.15) is 51.2 Å². The van der Waals surface area contributed by atoms with Gasteiger partial charge in [0.2, 0.25) is 0 Å². The molecule has 1 fully saturated rings. The first-order valence-corrected chi connectivity index (χ1v) is 11.7. The number of likely N-dealkylation sites (tertiary alicyclic amines) is 1. The second-order valence-electron chi connectivity index (χ2n) is 9.42. The zero-order valence-electron chi connectivity index (χ0n) is 19.7. The van der Waals surface area contributed by atoms with Crippen molar-refractivity contribution in [2.24, 2.45) is 0 Å².